The van der Waals surface area contributed by atoms with Crippen LogP contribution < -0.4 is 5.32 Å². The number of pyridine rings is 1. The second-order valence-electron chi connectivity index (χ2n) is 7.16. The Morgan fingerprint density at radius 2 is 1.97 bits per heavy atom. The molecule has 0 radical (unpaired) electrons. The van der Waals surface area contributed by atoms with Crippen molar-refractivity contribution in [1.82, 2.24) is 20.1 Å². The summed E-state index contributed by atoms with van der Waals surface area (Å²) in [5.74, 6) is -0.875. The van der Waals surface area contributed by atoms with E-state index in [9.17, 15) is 9.59 Å². The highest BCUT2D eigenvalue weighted by Gasteiger charge is 2.21. The maximum Gasteiger partial charge on any atom is 0.339 e. The molecule has 3 rings (SSSR count). The van der Waals surface area contributed by atoms with E-state index in [1.807, 2.05) is 44.2 Å². The fourth-order valence-corrected chi connectivity index (χ4v) is 3.39. The molecule has 1 amide bonds. The van der Waals surface area contributed by atoms with E-state index in [1.54, 1.807) is 17.8 Å². The molecule has 3 aromatic rings. The van der Waals surface area contributed by atoms with E-state index in [0.717, 1.165) is 18.4 Å². The van der Waals surface area contributed by atoms with E-state index in [2.05, 4.69) is 22.3 Å². The fraction of sp³-hybridized carbons (Fsp3) is 0.364. The molecule has 0 saturated heterocycles. The van der Waals surface area contributed by atoms with Gasteiger partial charge in [-0.3, -0.25) is 9.48 Å². The fourth-order valence-electron chi connectivity index (χ4n) is 3.39. The van der Waals surface area contributed by atoms with Gasteiger partial charge in [0.2, 0.25) is 0 Å². The molecular formula is C22H26N4O3. The molecule has 1 unspecified atom stereocenters. The molecule has 0 aliphatic carbocycles. The Morgan fingerprint density at radius 1 is 1.24 bits per heavy atom. The molecule has 0 aliphatic heterocycles. The average Bonchev–Trinajstić information content (AvgIpc) is 3.00. The Labute approximate surface area is 170 Å². The summed E-state index contributed by atoms with van der Waals surface area (Å²) in [4.78, 5) is 29.6. The monoisotopic (exact) mass is 394 g/mol. The molecule has 0 saturated carbocycles. The van der Waals surface area contributed by atoms with Crippen molar-refractivity contribution in [3.8, 4) is 11.3 Å². The lowest BCUT2D eigenvalue weighted by Gasteiger charge is -2.13. The molecular weight excluding hydrogens is 368 g/mol. The highest BCUT2D eigenvalue weighted by atomic mass is 16.5. The molecule has 0 aliphatic rings. The average molecular weight is 394 g/mol. The maximum absolute atomic E-state index is 12.9. The normalized spacial score (nSPS) is 12.0. The Balaban J connectivity index is 1.89. The van der Waals surface area contributed by atoms with Gasteiger partial charge in [-0.2, -0.15) is 5.10 Å². The number of nitrogens with zero attached hydrogens (tertiary/aromatic N) is 3. The van der Waals surface area contributed by atoms with Crippen molar-refractivity contribution >= 4 is 22.9 Å². The number of hydrogen-bond donors (Lipinski definition) is 1. The van der Waals surface area contributed by atoms with E-state index in [1.165, 1.54) is 0 Å². The van der Waals surface area contributed by atoms with Gasteiger partial charge in [-0.1, -0.05) is 43.7 Å². The largest absolute Gasteiger partial charge is 0.452 e. The van der Waals surface area contributed by atoms with Gasteiger partial charge in [0.1, 0.15) is 0 Å². The van der Waals surface area contributed by atoms with Crippen LogP contribution >= 0.6 is 0 Å². The first kappa shape index (κ1) is 20.5. The number of hydrogen-bond acceptors (Lipinski definition) is 5. The van der Waals surface area contributed by atoms with Crippen LogP contribution in [0, 0.1) is 6.92 Å². The Bertz CT molecular complexity index is 1030. The first-order valence-corrected chi connectivity index (χ1v) is 9.77. The van der Waals surface area contributed by atoms with Crippen molar-refractivity contribution in [3.63, 3.8) is 0 Å². The van der Waals surface area contributed by atoms with Crippen molar-refractivity contribution in [3.05, 3.63) is 47.7 Å². The summed E-state index contributed by atoms with van der Waals surface area (Å²) >= 11 is 0. The van der Waals surface area contributed by atoms with Crippen molar-refractivity contribution in [2.75, 3.05) is 6.61 Å². The molecule has 0 spiro atoms. The van der Waals surface area contributed by atoms with Gasteiger partial charge in [-0.15, -0.1) is 0 Å². The van der Waals surface area contributed by atoms with E-state index in [4.69, 9.17) is 4.74 Å². The summed E-state index contributed by atoms with van der Waals surface area (Å²) in [6.07, 6.45) is 1.85. The number of esters is 1. The van der Waals surface area contributed by atoms with Gasteiger partial charge in [-0.05, 0) is 26.3 Å². The van der Waals surface area contributed by atoms with Crippen LogP contribution in [0.4, 0.5) is 0 Å². The molecule has 1 aromatic carbocycles. The summed E-state index contributed by atoms with van der Waals surface area (Å²) in [5, 5.41) is 7.86. The smallest absolute Gasteiger partial charge is 0.339 e. The zero-order valence-electron chi connectivity index (χ0n) is 17.2. The first-order valence-electron chi connectivity index (χ1n) is 9.77. The molecule has 7 nitrogen and oxygen atoms in total. The molecule has 1 N–H and O–H groups in total. The molecule has 0 bridgehead atoms. The summed E-state index contributed by atoms with van der Waals surface area (Å²) < 4.78 is 6.96. The van der Waals surface area contributed by atoms with Gasteiger partial charge in [0.25, 0.3) is 5.91 Å². The molecule has 152 valence electrons. The van der Waals surface area contributed by atoms with Crippen LogP contribution in [0.25, 0.3) is 22.3 Å². The number of ether oxygens (including phenoxy) is 1. The number of fused-ring (bicyclic) bond motifs is 1. The number of aromatic nitrogens is 3. The lowest BCUT2D eigenvalue weighted by Crippen LogP contribution is -2.35. The first-order chi connectivity index (χ1) is 13.9. The standard InChI is InChI=1S/C22H26N4O3/c1-5-9-14(2)23-19(27)13-29-22(28)17-12-18(16-10-7-6-8-11-16)24-21-20(17)15(3)25-26(21)4/h6-8,10-12,14H,5,9,13H2,1-4H3,(H,23,27). The minimum atomic E-state index is -0.566. The summed E-state index contributed by atoms with van der Waals surface area (Å²) in [6.45, 7) is 5.48. The van der Waals surface area contributed by atoms with Crippen molar-refractivity contribution < 1.29 is 14.3 Å². The topological polar surface area (TPSA) is 86.1 Å². The van der Waals surface area contributed by atoms with E-state index < -0.39 is 5.97 Å². The molecule has 7 heteroatoms. The van der Waals surface area contributed by atoms with Crippen LogP contribution in [0.3, 0.4) is 0 Å². The predicted molar refractivity (Wildman–Crippen MR) is 111 cm³/mol. The third kappa shape index (κ3) is 4.62. The molecule has 1 atom stereocenters. The summed E-state index contributed by atoms with van der Waals surface area (Å²) in [6, 6.07) is 11.3. The minimum Gasteiger partial charge on any atom is -0.452 e. The van der Waals surface area contributed by atoms with Crippen LogP contribution in [0.15, 0.2) is 36.4 Å². The molecule has 2 aromatic heterocycles. The quantitative estimate of drug-likeness (QED) is 0.621. The highest BCUT2D eigenvalue weighted by molar-refractivity contribution is 6.05. The van der Waals surface area contributed by atoms with Gasteiger partial charge in [-0.25, -0.2) is 9.78 Å². The number of carbonyl (C=O) groups is 2. The predicted octanol–water partition coefficient (Wildman–Crippen LogP) is 3.41. The Kier molecular flexibility index (Phi) is 6.26. The number of rotatable bonds is 7. The zero-order chi connectivity index (χ0) is 21.0. The van der Waals surface area contributed by atoms with Gasteiger partial charge in [0.05, 0.1) is 22.3 Å². The number of nitrogens with one attached hydrogen (secondary N) is 1. The highest BCUT2D eigenvalue weighted by Crippen LogP contribution is 2.27. The van der Waals surface area contributed by atoms with E-state index in [0.29, 0.717) is 28.0 Å². The molecule has 29 heavy (non-hydrogen) atoms. The van der Waals surface area contributed by atoms with Crippen molar-refractivity contribution in [1.29, 1.82) is 0 Å². The van der Waals surface area contributed by atoms with Crippen LogP contribution in [0.5, 0.6) is 0 Å². The third-order valence-electron chi connectivity index (χ3n) is 4.72. The van der Waals surface area contributed by atoms with Gasteiger partial charge in [0, 0.05) is 18.7 Å². The number of carbonyl (C=O) groups excluding carboxylic acids is 2. The summed E-state index contributed by atoms with van der Waals surface area (Å²) in [7, 11) is 1.79. The molecule has 0 fully saturated rings. The van der Waals surface area contributed by atoms with Crippen molar-refractivity contribution in [2.24, 2.45) is 7.05 Å². The third-order valence-corrected chi connectivity index (χ3v) is 4.72. The SMILES string of the molecule is CCCC(C)NC(=O)COC(=O)c1cc(-c2ccccc2)nc2c1c(C)nn2C. The van der Waals surface area contributed by atoms with Gasteiger partial charge >= 0.3 is 5.97 Å². The lowest BCUT2D eigenvalue weighted by molar-refractivity contribution is -0.124. The second kappa shape index (κ2) is 8.86. The van der Waals surface area contributed by atoms with Crippen molar-refractivity contribution in [2.45, 2.75) is 39.7 Å². The van der Waals surface area contributed by atoms with E-state index >= 15 is 0 Å². The van der Waals surface area contributed by atoms with Crippen LogP contribution in [-0.2, 0) is 16.6 Å². The van der Waals surface area contributed by atoms with Crippen LogP contribution in [0.1, 0.15) is 42.7 Å². The van der Waals surface area contributed by atoms with Crippen LogP contribution in [-0.4, -0.2) is 39.3 Å². The second-order valence-corrected chi connectivity index (χ2v) is 7.16. The summed E-state index contributed by atoms with van der Waals surface area (Å²) in [5.41, 5.74) is 3.16. The number of benzene rings is 1. The number of aryl methyl sites for hydroxylation is 2. The molecule has 2 heterocycles. The minimum absolute atomic E-state index is 0.0454. The Morgan fingerprint density at radius 3 is 2.66 bits per heavy atom. The maximum atomic E-state index is 12.9. The van der Waals surface area contributed by atoms with E-state index in [-0.39, 0.29) is 18.6 Å². The lowest BCUT2D eigenvalue weighted by atomic mass is 10.1. The van der Waals surface area contributed by atoms with Gasteiger partial charge < -0.3 is 10.1 Å². The van der Waals surface area contributed by atoms with Gasteiger partial charge in [0.15, 0.2) is 12.3 Å². The zero-order valence-corrected chi connectivity index (χ0v) is 17.2. The van der Waals surface area contributed by atoms with Crippen LogP contribution in [0.2, 0.25) is 0 Å². The number of amides is 1. The Hall–Kier alpha value is -3.22.